The molecule has 2 aromatic rings. The predicted molar refractivity (Wildman–Crippen MR) is 87.5 cm³/mol. The molecule has 0 saturated heterocycles. The summed E-state index contributed by atoms with van der Waals surface area (Å²) in [6.07, 6.45) is 5.00. The Balaban J connectivity index is 0.000000143. The second kappa shape index (κ2) is 7.63. The highest BCUT2D eigenvalue weighted by molar-refractivity contribution is 5.31. The van der Waals surface area contributed by atoms with Gasteiger partial charge in [0.05, 0.1) is 19.3 Å². The first kappa shape index (κ1) is 16.0. The standard InChI is InChI=1S/C8H8N4O.C8H10N2O/c9-12-11-7-3-5-13-8-6(7)2-1-4-10-8;9-7-3-5-11-8-6(7)2-1-4-10-8/h1-2,4,7H,3,5H2;1-2,4,7H,3,5,9H2. The van der Waals surface area contributed by atoms with Crippen molar-refractivity contribution in [2.75, 3.05) is 13.2 Å². The summed E-state index contributed by atoms with van der Waals surface area (Å²) in [5.74, 6) is 1.29. The van der Waals surface area contributed by atoms with E-state index in [0.29, 0.717) is 25.0 Å². The summed E-state index contributed by atoms with van der Waals surface area (Å²) < 4.78 is 10.6. The molecule has 0 spiro atoms. The highest BCUT2D eigenvalue weighted by atomic mass is 16.5. The van der Waals surface area contributed by atoms with Gasteiger partial charge in [-0.05, 0) is 24.1 Å². The molecule has 0 saturated carbocycles. The van der Waals surface area contributed by atoms with E-state index in [0.717, 1.165) is 24.0 Å². The first-order chi connectivity index (χ1) is 11.8. The van der Waals surface area contributed by atoms with E-state index in [1.54, 1.807) is 12.4 Å². The highest BCUT2D eigenvalue weighted by Gasteiger charge is 2.20. The van der Waals surface area contributed by atoms with Crippen LogP contribution in [0.3, 0.4) is 0 Å². The molecule has 2 aliphatic rings. The second-order valence-electron chi connectivity index (χ2n) is 5.40. The minimum absolute atomic E-state index is 0.104. The van der Waals surface area contributed by atoms with Crippen molar-refractivity contribution in [3.8, 4) is 11.8 Å². The van der Waals surface area contributed by atoms with E-state index in [2.05, 4.69) is 20.0 Å². The van der Waals surface area contributed by atoms with Gasteiger partial charge in [0.1, 0.15) is 0 Å². The third-order valence-corrected chi connectivity index (χ3v) is 3.85. The molecule has 8 nitrogen and oxygen atoms in total. The summed E-state index contributed by atoms with van der Waals surface area (Å²) in [6.45, 7) is 1.25. The SMILES string of the molecule is NC1CCOc2ncccc21.[N-]=[N+]=NC1CCOc2ncccc21. The molecular formula is C16H18N6O2. The fourth-order valence-corrected chi connectivity index (χ4v) is 2.63. The van der Waals surface area contributed by atoms with E-state index in [4.69, 9.17) is 20.7 Å². The third-order valence-electron chi connectivity index (χ3n) is 3.85. The van der Waals surface area contributed by atoms with Crippen molar-refractivity contribution in [1.29, 1.82) is 0 Å². The fourth-order valence-electron chi connectivity index (χ4n) is 2.63. The molecule has 124 valence electrons. The second-order valence-corrected chi connectivity index (χ2v) is 5.40. The van der Waals surface area contributed by atoms with E-state index < -0.39 is 0 Å². The molecule has 0 radical (unpaired) electrons. The van der Waals surface area contributed by atoms with Crippen molar-refractivity contribution in [1.82, 2.24) is 9.97 Å². The maximum Gasteiger partial charge on any atom is 0.218 e. The number of nitrogens with zero attached hydrogens (tertiary/aromatic N) is 5. The Bertz CT molecular complexity index is 747. The van der Waals surface area contributed by atoms with Gasteiger partial charge in [-0.25, -0.2) is 9.97 Å². The monoisotopic (exact) mass is 326 g/mol. The maximum absolute atomic E-state index is 8.34. The number of fused-ring (bicyclic) bond motifs is 2. The number of rotatable bonds is 1. The van der Waals surface area contributed by atoms with Crippen LogP contribution in [0.25, 0.3) is 10.4 Å². The van der Waals surface area contributed by atoms with Gasteiger partial charge in [-0.15, -0.1) is 0 Å². The molecule has 0 fully saturated rings. The van der Waals surface area contributed by atoms with Crippen molar-refractivity contribution in [2.45, 2.75) is 24.9 Å². The average Bonchev–Trinajstić information content (AvgIpc) is 2.63. The molecule has 2 atom stereocenters. The van der Waals surface area contributed by atoms with Gasteiger partial charge < -0.3 is 15.2 Å². The molecule has 4 rings (SSSR count). The minimum Gasteiger partial charge on any atom is -0.477 e. The number of azide groups is 1. The summed E-state index contributed by atoms with van der Waals surface area (Å²) in [5.41, 5.74) is 16.1. The molecule has 2 unspecified atom stereocenters. The van der Waals surface area contributed by atoms with Crippen LogP contribution < -0.4 is 15.2 Å². The van der Waals surface area contributed by atoms with E-state index in [-0.39, 0.29) is 12.1 Å². The normalized spacial score (nSPS) is 20.7. The van der Waals surface area contributed by atoms with Gasteiger partial charge in [-0.1, -0.05) is 17.2 Å². The quantitative estimate of drug-likeness (QED) is 0.490. The number of aromatic nitrogens is 2. The van der Waals surface area contributed by atoms with Crippen LogP contribution in [0.15, 0.2) is 41.8 Å². The fraction of sp³-hybridized carbons (Fsp3) is 0.375. The summed E-state index contributed by atoms with van der Waals surface area (Å²) in [7, 11) is 0. The van der Waals surface area contributed by atoms with E-state index in [1.807, 2.05) is 24.3 Å². The zero-order valence-electron chi connectivity index (χ0n) is 13.1. The van der Waals surface area contributed by atoms with Crippen LogP contribution in [0.4, 0.5) is 0 Å². The van der Waals surface area contributed by atoms with E-state index in [1.165, 1.54) is 0 Å². The smallest absolute Gasteiger partial charge is 0.218 e. The Morgan fingerprint density at radius 1 is 1.04 bits per heavy atom. The Kier molecular flexibility index (Phi) is 5.10. The van der Waals surface area contributed by atoms with Crippen LogP contribution in [-0.4, -0.2) is 23.2 Å². The van der Waals surface area contributed by atoms with Crippen molar-refractivity contribution < 1.29 is 9.47 Å². The molecule has 2 aromatic heterocycles. The zero-order valence-corrected chi connectivity index (χ0v) is 13.1. The first-order valence-corrected chi connectivity index (χ1v) is 7.75. The summed E-state index contributed by atoms with van der Waals surface area (Å²) in [6, 6.07) is 7.52. The van der Waals surface area contributed by atoms with E-state index in [9.17, 15) is 0 Å². The van der Waals surface area contributed by atoms with Crippen LogP contribution in [0.2, 0.25) is 0 Å². The largest absolute Gasteiger partial charge is 0.477 e. The molecule has 2 N–H and O–H groups in total. The van der Waals surface area contributed by atoms with Gasteiger partial charge in [0.25, 0.3) is 0 Å². The average molecular weight is 326 g/mol. The number of ether oxygens (including phenoxy) is 2. The van der Waals surface area contributed by atoms with Crippen LogP contribution in [0.1, 0.15) is 36.1 Å². The number of pyridine rings is 2. The summed E-state index contributed by atoms with van der Waals surface area (Å²) in [4.78, 5) is 10.9. The summed E-state index contributed by atoms with van der Waals surface area (Å²) >= 11 is 0. The topological polar surface area (TPSA) is 119 Å². The molecule has 8 heteroatoms. The van der Waals surface area contributed by atoms with Crippen LogP contribution in [0, 0.1) is 0 Å². The van der Waals surface area contributed by atoms with Crippen molar-refractivity contribution in [3.05, 3.63) is 58.2 Å². The number of nitrogens with two attached hydrogens (primary N) is 1. The van der Waals surface area contributed by atoms with Crippen molar-refractivity contribution in [3.63, 3.8) is 0 Å². The number of hydrogen-bond acceptors (Lipinski definition) is 6. The van der Waals surface area contributed by atoms with Crippen LogP contribution in [-0.2, 0) is 0 Å². The third kappa shape index (κ3) is 3.56. The van der Waals surface area contributed by atoms with Gasteiger partial charge >= 0.3 is 0 Å². The van der Waals surface area contributed by atoms with Gasteiger partial charge in [0, 0.05) is 40.9 Å². The molecule has 0 bridgehead atoms. The van der Waals surface area contributed by atoms with Gasteiger partial charge in [0.15, 0.2) is 0 Å². The van der Waals surface area contributed by atoms with E-state index >= 15 is 0 Å². The maximum atomic E-state index is 8.34. The molecule has 24 heavy (non-hydrogen) atoms. The van der Waals surface area contributed by atoms with Gasteiger partial charge in [0.2, 0.25) is 11.8 Å². The molecular weight excluding hydrogens is 308 g/mol. The Morgan fingerprint density at radius 2 is 1.67 bits per heavy atom. The lowest BCUT2D eigenvalue weighted by atomic mass is 10.1. The van der Waals surface area contributed by atoms with Crippen molar-refractivity contribution in [2.24, 2.45) is 10.8 Å². The Hall–Kier alpha value is -2.83. The Morgan fingerprint density at radius 3 is 2.33 bits per heavy atom. The van der Waals surface area contributed by atoms with Gasteiger partial charge in [-0.2, -0.15) is 0 Å². The Labute approximate surface area is 139 Å². The predicted octanol–water partition coefficient (Wildman–Crippen LogP) is 3.08. The molecule has 4 heterocycles. The lowest BCUT2D eigenvalue weighted by Crippen LogP contribution is -2.20. The van der Waals surface area contributed by atoms with Crippen LogP contribution >= 0.6 is 0 Å². The zero-order chi connectivity index (χ0) is 16.8. The molecule has 2 aliphatic heterocycles. The van der Waals surface area contributed by atoms with Crippen molar-refractivity contribution >= 4 is 0 Å². The highest BCUT2D eigenvalue weighted by Crippen LogP contribution is 2.32. The van der Waals surface area contributed by atoms with Crippen LogP contribution in [0.5, 0.6) is 11.8 Å². The first-order valence-electron chi connectivity index (χ1n) is 7.75. The molecule has 0 aromatic carbocycles. The molecule has 0 aliphatic carbocycles. The lowest BCUT2D eigenvalue weighted by molar-refractivity contribution is 0.257. The lowest BCUT2D eigenvalue weighted by Gasteiger charge is -2.20. The molecule has 0 amide bonds. The number of hydrogen-bond donors (Lipinski definition) is 1. The minimum atomic E-state index is -0.123. The summed E-state index contributed by atoms with van der Waals surface area (Å²) in [5, 5.41) is 3.69. The van der Waals surface area contributed by atoms with Gasteiger partial charge in [-0.3, -0.25) is 0 Å².